The lowest BCUT2D eigenvalue weighted by Gasteiger charge is -2.08. The molecule has 0 saturated carbocycles. The third-order valence-corrected chi connectivity index (χ3v) is 5.32. The Morgan fingerprint density at radius 2 is 1.33 bits per heavy atom. The molecule has 0 aliphatic carbocycles. The van der Waals surface area contributed by atoms with Crippen LogP contribution in [0.25, 0.3) is 49.4 Å². The highest BCUT2D eigenvalue weighted by Gasteiger charge is 2.14. The highest BCUT2D eigenvalue weighted by Crippen LogP contribution is 2.34. The zero-order valence-electron chi connectivity index (χ0n) is 14.5. The van der Waals surface area contributed by atoms with E-state index in [4.69, 9.17) is 12.3 Å². The van der Waals surface area contributed by atoms with Gasteiger partial charge >= 0.3 is 0 Å². The maximum absolute atomic E-state index is 6.06. The van der Waals surface area contributed by atoms with Gasteiger partial charge in [-0.15, -0.1) is 0 Å². The average Bonchev–Trinajstić information content (AvgIpc) is 3.23. The number of fused-ring (bicyclic) bond motifs is 6. The molecule has 6 aromatic rings. The van der Waals surface area contributed by atoms with Crippen LogP contribution in [0.1, 0.15) is 0 Å². The van der Waals surface area contributed by atoms with Crippen LogP contribution in [0.5, 0.6) is 0 Å². The highest BCUT2D eigenvalue weighted by atomic mass is 16.3. The van der Waals surface area contributed by atoms with Crippen molar-refractivity contribution in [2.24, 2.45) is 0 Å². The van der Waals surface area contributed by atoms with E-state index in [1.165, 1.54) is 16.3 Å². The first-order valence-corrected chi connectivity index (χ1v) is 9.00. The van der Waals surface area contributed by atoms with Gasteiger partial charge in [0.15, 0.2) is 0 Å². The smallest absolute Gasteiger partial charge is 0.135 e. The van der Waals surface area contributed by atoms with Crippen molar-refractivity contribution in [3.05, 3.63) is 84.9 Å². The number of aromatic nitrogens is 1. The number of hydrogen-bond donors (Lipinski definition) is 0. The van der Waals surface area contributed by atoms with Gasteiger partial charge in [0.1, 0.15) is 19.0 Å². The van der Waals surface area contributed by atoms with Crippen molar-refractivity contribution in [1.29, 1.82) is 0 Å². The molecule has 0 bridgehead atoms. The molecule has 0 aliphatic heterocycles. The summed E-state index contributed by atoms with van der Waals surface area (Å²) >= 11 is 0. The Morgan fingerprint density at radius 3 is 2.26 bits per heavy atom. The van der Waals surface area contributed by atoms with Crippen LogP contribution in [0.2, 0.25) is 0 Å². The Labute approximate surface area is 157 Å². The van der Waals surface area contributed by atoms with Crippen LogP contribution >= 0.6 is 0 Å². The lowest BCUT2D eigenvalue weighted by Crippen LogP contribution is -2.00. The second-order valence-electron chi connectivity index (χ2n) is 6.91. The molecule has 4 aromatic carbocycles. The van der Waals surface area contributed by atoms with E-state index < -0.39 is 0 Å². The summed E-state index contributed by atoms with van der Waals surface area (Å²) < 4.78 is 8.29. The first kappa shape index (κ1) is 14.7. The third-order valence-electron chi connectivity index (χ3n) is 5.32. The largest absolute Gasteiger partial charge is 0.456 e. The zero-order valence-corrected chi connectivity index (χ0v) is 14.5. The van der Waals surface area contributed by atoms with Gasteiger partial charge < -0.3 is 8.98 Å². The Balaban J connectivity index is 1.75. The van der Waals surface area contributed by atoms with Crippen LogP contribution in [0.3, 0.4) is 0 Å². The quantitative estimate of drug-likeness (QED) is 0.362. The van der Waals surface area contributed by atoms with Crippen molar-refractivity contribution < 1.29 is 4.42 Å². The maximum Gasteiger partial charge on any atom is 0.135 e. The molecule has 27 heavy (non-hydrogen) atoms. The van der Waals surface area contributed by atoms with E-state index in [-0.39, 0.29) is 0 Å². The fraction of sp³-hybridized carbons (Fsp3) is 0. The van der Waals surface area contributed by atoms with Gasteiger partial charge in [-0.1, -0.05) is 54.0 Å². The van der Waals surface area contributed by atoms with Crippen molar-refractivity contribution in [3.63, 3.8) is 0 Å². The number of para-hydroxylation sites is 2. The van der Waals surface area contributed by atoms with E-state index in [0.717, 1.165) is 38.6 Å². The minimum Gasteiger partial charge on any atom is -0.456 e. The summed E-state index contributed by atoms with van der Waals surface area (Å²) in [5, 5.41) is 4.64. The lowest BCUT2D eigenvalue weighted by molar-refractivity contribution is 0.669. The van der Waals surface area contributed by atoms with E-state index >= 15 is 0 Å². The second kappa shape index (κ2) is 5.27. The molecule has 0 amide bonds. The number of rotatable bonds is 1. The topological polar surface area (TPSA) is 18.1 Å². The Bertz CT molecular complexity index is 1490. The standard InChI is InChI=1S/C24H14BNO/c25-15-9-11-22-19(13-15)17-5-1-3-7-21(17)26(22)16-10-12-24-20(14-16)18-6-2-4-8-23(18)27-24/h1-14H. The summed E-state index contributed by atoms with van der Waals surface area (Å²) in [5.74, 6) is 0. The van der Waals surface area contributed by atoms with Crippen molar-refractivity contribution in [2.45, 2.75) is 0 Å². The Hall–Kier alpha value is -3.46. The van der Waals surface area contributed by atoms with Gasteiger partial charge in [0.05, 0.1) is 11.0 Å². The van der Waals surface area contributed by atoms with E-state index in [1.807, 2.05) is 24.3 Å². The fourth-order valence-corrected chi connectivity index (χ4v) is 4.12. The SMILES string of the molecule is [B]c1ccc2c(c1)c1ccccc1n2-c1ccc2oc3ccccc3c2c1. The normalized spacial score (nSPS) is 11.9. The summed E-state index contributed by atoms with van der Waals surface area (Å²) in [6, 6.07) is 29.1. The van der Waals surface area contributed by atoms with Crippen molar-refractivity contribution in [3.8, 4) is 5.69 Å². The molecule has 0 atom stereocenters. The lowest BCUT2D eigenvalue weighted by atomic mass is 9.94. The number of hydrogen-bond acceptors (Lipinski definition) is 1. The van der Waals surface area contributed by atoms with Crippen LogP contribution in [0.4, 0.5) is 0 Å². The van der Waals surface area contributed by atoms with Gasteiger partial charge in [-0.25, -0.2) is 0 Å². The molecule has 2 aromatic heterocycles. The zero-order chi connectivity index (χ0) is 18.0. The molecule has 6 rings (SSSR count). The molecule has 2 nitrogen and oxygen atoms in total. The first-order chi connectivity index (χ1) is 13.3. The Morgan fingerprint density at radius 1 is 0.593 bits per heavy atom. The molecule has 0 spiro atoms. The maximum atomic E-state index is 6.06. The number of benzene rings is 4. The monoisotopic (exact) mass is 343 g/mol. The first-order valence-electron chi connectivity index (χ1n) is 9.00. The molecular weight excluding hydrogens is 329 g/mol. The molecule has 0 saturated heterocycles. The summed E-state index contributed by atoms with van der Waals surface area (Å²) in [5.41, 5.74) is 6.04. The van der Waals surface area contributed by atoms with Gasteiger partial charge in [-0.2, -0.15) is 0 Å². The van der Waals surface area contributed by atoms with Crippen LogP contribution in [0.15, 0.2) is 89.3 Å². The van der Waals surface area contributed by atoms with Crippen molar-refractivity contribution in [1.82, 2.24) is 4.57 Å². The van der Waals surface area contributed by atoms with E-state index in [9.17, 15) is 0 Å². The van der Waals surface area contributed by atoms with E-state index in [2.05, 4.69) is 65.2 Å². The average molecular weight is 343 g/mol. The highest BCUT2D eigenvalue weighted by molar-refractivity contribution is 6.34. The molecular formula is C24H14BNO. The van der Waals surface area contributed by atoms with E-state index in [0.29, 0.717) is 0 Å². The van der Waals surface area contributed by atoms with Crippen molar-refractivity contribution >= 4 is 57.1 Å². The minimum atomic E-state index is 0.779. The molecule has 0 N–H and O–H groups in total. The molecule has 2 radical (unpaired) electrons. The summed E-state index contributed by atoms with van der Waals surface area (Å²) in [6.07, 6.45) is 0. The predicted octanol–water partition coefficient (Wildman–Crippen LogP) is 5.48. The molecule has 0 aliphatic rings. The molecule has 0 unspecified atom stereocenters. The van der Waals surface area contributed by atoms with Crippen LogP contribution < -0.4 is 5.46 Å². The number of nitrogens with zero attached hydrogens (tertiary/aromatic N) is 1. The fourth-order valence-electron chi connectivity index (χ4n) is 4.12. The molecule has 3 heteroatoms. The van der Waals surface area contributed by atoms with Gasteiger partial charge in [-0.3, -0.25) is 0 Å². The van der Waals surface area contributed by atoms with Gasteiger partial charge in [0.25, 0.3) is 0 Å². The molecule has 2 heterocycles. The summed E-state index contributed by atoms with van der Waals surface area (Å²) in [4.78, 5) is 0. The van der Waals surface area contributed by atoms with Crippen molar-refractivity contribution in [2.75, 3.05) is 0 Å². The second-order valence-corrected chi connectivity index (χ2v) is 6.91. The van der Waals surface area contributed by atoms with Crippen LogP contribution in [-0.4, -0.2) is 12.4 Å². The van der Waals surface area contributed by atoms with Gasteiger partial charge in [0, 0.05) is 27.2 Å². The van der Waals surface area contributed by atoms with E-state index in [1.54, 1.807) is 0 Å². The molecule has 0 fully saturated rings. The minimum absolute atomic E-state index is 0.779. The summed E-state index contributed by atoms with van der Waals surface area (Å²) in [7, 11) is 6.06. The van der Waals surface area contributed by atoms with Crippen LogP contribution in [-0.2, 0) is 0 Å². The summed E-state index contributed by atoms with van der Waals surface area (Å²) in [6.45, 7) is 0. The predicted molar refractivity (Wildman–Crippen MR) is 113 cm³/mol. The van der Waals surface area contributed by atoms with Gasteiger partial charge in [0.2, 0.25) is 0 Å². The van der Waals surface area contributed by atoms with Crippen LogP contribution in [0, 0.1) is 0 Å². The molecule has 124 valence electrons. The number of furan rings is 1. The van der Waals surface area contributed by atoms with Gasteiger partial charge in [-0.05, 0) is 36.4 Å². The Kier molecular flexibility index (Phi) is 2.87. The third kappa shape index (κ3) is 2.03.